The lowest BCUT2D eigenvalue weighted by atomic mass is 10.1. The number of hydrogen-bond acceptors (Lipinski definition) is 3. The number of amides is 1. The van der Waals surface area contributed by atoms with E-state index in [-0.39, 0.29) is 5.91 Å². The van der Waals surface area contributed by atoms with E-state index in [1.54, 1.807) is 12.1 Å². The average molecular weight is 353 g/mol. The van der Waals surface area contributed by atoms with Crippen LogP contribution in [0.5, 0.6) is 11.5 Å². The summed E-state index contributed by atoms with van der Waals surface area (Å²) in [6.45, 7) is 11.2. The lowest BCUT2D eigenvalue weighted by Gasteiger charge is -2.10. The molecule has 2 aromatic rings. The second-order valence-electron chi connectivity index (χ2n) is 6.78. The molecule has 1 amide bonds. The standard InChI is InChI=1S/C22H27NO3/c1-16(2)13-14-25-20-9-5-18(6-10-20)22(24)23-19-7-11-21(12-8-19)26-15-17(3)4/h5-12,16H,3,13-15H2,1-2,4H3,(H,23,24). The Kier molecular flexibility index (Phi) is 7.27. The maximum atomic E-state index is 12.3. The molecule has 0 bridgehead atoms. The molecule has 2 rings (SSSR count). The first-order valence-corrected chi connectivity index (χ1v) is 8.85. The summed E-state index contributed by atoms with van der Waals surface area (Å²) in [4.78, 5) is 12.3. The molecule has 0 saturated carbocycles. The number of ether oxygens (including phenoxy) is 2. The van der Waals surface area contributed by atoms with Gasteiger partial charge in [-0.1, -0.05) is 20.4 Å². The molecule has 0 saturated heterocycles. The first-order valence-electron chi connectivity index (χ1n) is 8.85. The van der Waals surface area contributed by atoms with E-state index in [0.29, 0.717) is 24.7 Å². The maximum Gasteiger partial charge on any atom is 0.255 e. The predicted molar refractivity (Wildman–Crippen MR) is 106 cm³/mol. The Labute approximate surface area is 155 Å². The molecule has 4 heteroatoms. The summed E-state index contributed by atoms with van der Waals surface area (Å²) in [6, 6.07) is 14.5. The van der Waals surface area contributed by atoms with Crippen LogP contribution in [0, 0.1) is 5.92 Å². The summed E-state index contributed by atoms with van der Waals surface area (Å²) in [5.74, 6) is 1.97. The molecule has 0 heterocycles. The fraction of sp³-hybridized carbons (Fsp3) is 0.318. The minimum Gasteiger partial charge on any atom is -0.494 e. The van der Waals surface area contributed by atoms with Crippen molar-refractivity contribution in [3.63, 3.8) is 0 Å². The summed E-state index contributed by atoms with van der Waals surface area (Å²) in [6.07, 6.45) is 1.01. The topological polar surface area (TPSA) is 47.6 Å². The Morgan fingerprint density at radius 3 is 2.15 bits per heavy atom. The zero-order valence-electron chi connectivity index (χ0n) is 15.7. The van der Waals surface area contributed by atoms with Crippen molar-refractivity contribution in [2.45, 2.75) is 27.2 Å². The zero-order chi connectivity index (χ0) is 18.9. The second-order valence-corrected chi connectivity index (χ2v) is 6.78. The quantitative estimate of drug-likeness (QED) is 0.621. The van der Waals surface area contributed by atoms with Gasteiger partial charge in [-0.3, -0.25) is 4.79 Å². The minimum atomic E-state index is -0.158. The van der Waals surface area contributed by atoms with Crippen LogP contribution in [0.25, 0.3) is 0 Å². The smallest absolute Gasteiger partial charge is 0.255 e. The summed E-state index contributed by atoms with van der Waals surface area (Å²) >= 11 is 0. The van der Waals surface area contributed by atoms with Crippen LogP contribution in [0.4, 0.5) is 5.69 Å². The molecular formula is C22H27NO3. The van der Waals surface area contributed by atoms with Crippen molar-refractivity contribution >= 4 is 11.6 Å². The van der Waals surface area contributed by atoms with Gasteiger partial charge in [0, 0.05) is 11.3 Å². The average Bonchev–Trinajstić information content (AvgIpc) is 2.61. The summed E-state index contributed by atoms with van der Waals surface area (Å²) in [5, 5.41) is 2.87. The van der Waals surface area contributed by atoms with Gasteiger partial charge in [-0.15, -0.1) is 0 Å². The summed E-state index contributed by atoms with van der Waals surface area (Å²) in [5.41, 5.74) is 2.26. The molecule has 0 spiro atoms. The molecule has 0 fully saturated rings. The minimum absolute atomic E-state index is 0.158. The fourth-order valence-corrected chi connectivity index (χ4v) is 2.16. The number of rotatable bonds is 9. The van der Waals surface area contributed by atoms with Gasteiger partial charge in [0.1, 0.15) is 18.1 Å². The molecule has 26 heavy (non-hydrogen) atoms. The molecular weight excluding hydrogens is 326 g/mol. The molecule has 4 nitrogen and oxygen atoms in total. The first-order chi connectivity index (χ1) is 12.4. The number of nitrogens with one attached hydrogen (secondary N) is 1. The molecule has 0 unspecified atom stereocenters. The van der Waals surface area contributed by atoms with Crippen molar-refractivity contribution in [1.29, 1.82) is 0 Å². The Hall–Kier alpha value is -2.75. The highest BCUT2D eigenvalue weighted by Gasteiger charge is 2.07. The molecule has 0 atom stereocenters. The highest BCUT2D eigenvalue weighted by Crippen LogP contribution is 2.18. The largest absolute Gasteiger partial charge is 0.494 e. The third kappa shape index (κ3) is 6.63. The van der Waals surface area contributed by atoms with Crippen LogP contribution in [0.15, 0.2) is 60.7 Å². The van der Waals surface area contributed by atoms with Gasteiger partial charge in [0.25, 0.3) is 5.91 Å². The lowest BCUT2D eigenvalue weighted by Crippen LogP contribution is -2.11. The second kappa shape index (κ2) is 9.66. The van der Waals surface area contributed by atoms with Crippen LogP contribution < -0.4 is 14.8 Å². The summed E-state index contributed by atoms with van der Waals surface area (Å²) < 4.78 is 11.2. The van der Waals surface area contributed by atoms with Crippen LogP contribution in [-0.4, -0.2) is 19.1 Å². The van der Waals surface area contributed by atoms with Gasteiger partial charge < -0.3 is 14.8 Å². The molecule has 0 aliphatic rings. The van der Waals surface area contributed by atoms with Gasteiger partial charge in [0.2, 0.25) is 0 Å². The molecule has 0 aromatic heterocycles. The Morgan fingerprint density at radius 2 is 1.58 bits per heavy atom. The maximum absolute atomic E-state index is 12.3. The van der Waals surface area contributed by atoms with E-state index in [1.807, 2.05) is 43.3 Å². The van der Waals surface area contributed by atoms with E-state index in [9.17, 15) is 4.79 Å². The van der Waals surface area contributed by atoms with Crippen molar-refractivity contribution in [1.82, 2.24) is 0 Å². The van der Waals surface area contributed by atoms with E-state index in [1.165, 1.54) is 0 Å². The molecule has 1 N–H and O–H groups in total. The lowest BCUT2D eigenvalue weighted by molar-refractivity contribution is 0.102. The highest BCUT2D eigenvalue weighted by molar-refractivity contribution is 6.04. The molecule has 0 aliphatic heterocycles. The van der Waals surface area contributed by atoms with E-state index >= 15 is 0 Å². The number of hydrogen-bond donors (Lipinski definition) is 1. The molecule has 0 aliphatic carbocycles. The molecule has 0 radical (unpaired) electrons. The fourth-order valence-electron chi connectivity index (χ4n) is 2.16. The number of carbonyl (C=O) groups is 1. The Bertz CT molecular complexity index is 718. The van der Waals surface area contributed by atoms with Crippen molar-refractivity contribution < 1.29 is 14.3 Å². The number of anilines is 1. The van der Waals surface area contributed by atoms with E-state index < -0.39 is 0 Å². The van der Waals surface area contributed by atoms with Gasteiger partial charge in [-0.25, -0.2) is 0 Å². The number of benzene rings is 2. The van der Waals surface area contributed by atoms with Crippen LogP contribution in [0.2, 0.25) is 0 Å². The third-order valence-corrected chi connectivity index (χ3v) is 3.68. The van der Waals surface area contributed by atoms with Gasteiger partial charge >= 0.3 is 0 Å². The van der Waals surface area contributed by atoms with E-state index in [4.69, 9.17) is 9.47 Å². The first kappa shape index (κ1) is 19.6. The highest BCUT2D eigenvalue weighted by atomic mass is 16.5. The van der Waals surface area contributed by atoms with Crippen molar-refractivity contribution in [2.24, 2.45) is 5.92 Å². The Balaban J connectivity index is 1.87. The zero-order valence-corrected chi connectivity index (χ0v) is 15.7. The van der Waals surface area contributed by atoms with Gasteiger partial charge in [-0.05, 0) is 73.4 Å². The van der Waals surface area contributed by atoms with Gasteiger partial charge in [0.05, 0.1) is 6.61 Å². The van der Waals surface area contributed by atoms with Gasteiger partial charge in [0.15, 0.2) is 0 Å². The van der Waals surface area contributed by atoms with Crippen LogP contribution in [-0.2, 0) is 0 Å². The Morgan fingerprint density at radius 1 is 1.00 bits per heavy atom. The molecule has 138 valence electrons. The summed E-state index contributed by atoms with van der Waals surface area (Å²) in [7, 11) is 0. The molecule has 2 aromatic carbocycles. The van der Waals surface area contributed by atoms with E-state index in [2.05, 4.69) is 25.7 Å². The van der Waals surface area contributed by atoms with E-state index in [0.717, 1.165) is 29.2 Å². The predicted octanol–water partition coefficient (Wildman–Crippen LogP) is 5.32. The van der Waals surface area contributed by atoms with Crippen molar-refractivity contribution in [2.75, 3.05) is 18.5 Å². The monoisotopic (exact) mass is 353 g/mol. The number of carbonyl (C=O) groups excluding carboxylic acids is 1. The van der Waals surface area contributed by atoms with Crippen LogP contribution in [0.1, 0.15) is 37.6 Å². The van der Waals surface area contributed by atoms with Crippen LogP contribution >= 0.6 is 0 Å². The van der Waals surface area contributed by atoms with Crippen LogP contribution in [0.3, 0.4) is 0 Å². The third-order valence-electron chi connectivity index (χ3n) is 3.68. The SMILES string of the molecule is C=C(C)COc1ccc(NC(=O)c2ccc(OCCC(C)C)cc2)cc1. The van der Waals surface area contributed by atoms with Crippen molar-refractivity contribution in [3.05, 3.63) is 66.2 Å². The normalized spacial score (nSPS) is 10.5. The van der Waals surface area contributed by atoms with Gasteiger partial charge in [-0.2, -0.15) is 0 Å². The van der Waals surface area contributed by atoms with Crippen molar-refractivity contribution in [3.8, 4) is 11.5 Å².